The van der Waals surface area contributed by atoms with Crippen LogP contribution in [0.4, 0.5) is 4.39 Å². The molecule has 1 aromatic heterocycles. The summed E-state index contributed by atoms with van der Waals surface area (Å²) < 4.78 is 14.1. The van der Waals surface area contributed by atoms with Crippen LogP contribution >= 0.6 is 7.26 Å². The summed E-state index contributed by atoms with van der Waals surface area (Å²) in [7, 11) is -2.10. The highest BCUT2D eigenvalue weighted by molar-refractivity contribution is 7.95. The average Bonchev–Trinajstić information content (AvgIpc) is 2.85. The fourth-order valence-electron chi connectivity index (χ4n) is 4.62. The van der Waals surface area contributed by atoms with Crippen molar-refractivity contribution in [3.05, 3.63) is 126 Å². The first-order valence-corrected chi connectivity index (χ1v) is 13.0. The zero-order chi connectivity index (χ0) is 22.8. The number of aromatic nitrogens is 2. The molecule has 0 unspecified atom stereocenters. The van der Waals surface area contributed by atoms with E-state index in [0.29, 0.717) is 6.16 Å². The van der Waals surface area contributed by atoms with Crippen molar-refractivity contribution in [3.63, 3.8) is 0 Å². The smallest absolute Gasteiger partial charge is 0.167 e. The molecule has 0 amide bonds. The molecule has 0 N–H and O–H groups in total. The molecule has 5 aromatic rings. The van der Waals surface area contributed by atoms with E-state index in [-0.39, 0.29) is 18.2 Å². The highest BCUT2D eigenvalue weighted by Gasteiger charge is 2.46. The minimum absolute atomic E-state index is 0. The molecule has 5 heteroatoms. The summed E-state index contributed by atoms with van der Waals surface area (Å²) in [6.45, 7) is 3.86. The molecule has 0 radical (unpaired) electrons. The summed E-state index contributed by atoms with van der Waals surface area (Å²) in [5.41, 5.74) is 2.47. The Kier molecular flexibility index (Phi) is 7.07. The standard InChI is InChI=1S/C29H25FN2P.ClH/c1-21-18-23(30)19-27-22(2)31-28(32-29(21)27)20-33(24-12-6-3-7-13-24,25-14-8-4-9-15-25)26-16-10-5-11-17-26;/h3-19H,20H2,1-2H3;1H/q+1;/p-1. The number of halogens is 2. The van der Waals surface area contributed by atoms with Gasteiger partial charge in [0.1, 0.15) is 35.2 Å². The fraction of sp³-hybridized carbons (Fsp3) is 0.103. The van der Waals surface area contributed by atoms with E-state index < -0.39 is 7.26 Å². The van der Waals surface area contributed by atoms with E-state index in [0.717, 1.165) is 28.0 Å². The van der Waals surface area contributed by atoms with Gasteiger partial charge in [0.2, 0.25) is 0 Å². The van der Waals surface area contributed by atoms with Crippen LogP contribution in [0.1, 0.15) is 17.1 Å². The molecule has 0 saturated carbocycles. The van der Waals surface area contributed by atoms with Crippen LogP contribution in [-0.2, 0) is 6.16 Å². The zero-order valence-electron chi connectivity index (χ0n) is 19.1. The van der Waals surface area contributed by atoms with Gasteiger partial charge in [-0.2, -0.15) is 0 Å². The van der Waals surface area contributed by atoms with Gasteiger partial charge in [-0.1, -0.05) is 54.6 Å². The maximum atomic E-state index is 14.1. The largest absolute Gasteiger partial charge is 1.00 e. The second-order valence-corrected chi connectivity index (χ2v) is 11.8. The molecule has 5 rings (SSSR count). The monoisotopic (exact) mass is 486 g/mol. The van der Waals surface area contributed by atoms with E-state index in [2.05, 4.69) is 91.0 Å². The van der Waals surface area contributed by atoms with E-state index in [9.17, 15) is 4.39 Å². The second-order valence-electron chi connectivity index (χ2n) is 8.32. The zero-order valence-corrected chi connectivity index (χ0v) is 20.8. The van der Waals surface area contributed by atoms with Crippen LogP contribution in [0.5, 0.6) is 0 Å². The predicted molar refractivity (Wildman–Crippen MR) is 138 cm³/mol. The lowest BCUT2D eigenvalue weighted by molar-refractivity contribution is -0.00000740. The SMILES string of the molecule is Cc1nc(C[P+](c2ccccc2)(c2ccccc2)c2ccccc2)nc2c(C)cc(F)cc12.[Cl-]. The molecular formula is C29H25ClFN2P. The highest BCUT2D eigenvalue weighted by atomic mass is 35.5. The Bertz CT molecular complexity index is 1310. The maximum absolute atomic E-state index is 14.1. The Morgan fingerprint density at radius 1 is 0.676 bits per heavy atom. The van der Waals surface area contributed by atoms with E-state index in [4.69, 9.17) is 9.97 Å². The maximum Gasteiger partial charge on any atom is 0.167 e. The highest BCUT2D eigenvalue weighted by Crippen LogP contribution is 2.57. The van der Waals surface area contributed by atoms with Gasteiger partial charge in [0.05, 0.1) is 5.52 Å². The Hall–Kier alpha value is -3.13. The lowest BCUT2D eigenvalue weighted by atomic mass is 10.1. The molecule has 0 aliphatic carbocycles. The Labute approximate surface area is 206 Å². The number of rotatable bonds is 5. The molecule has 2 nitrogen and oxygen atoms in total. The van der Waals surface area contributed by atoms with E-state index in [1.807, 2.05) is 13.8 Å². The number of benzene rings is 4. The Morgan fingerprint density at radius 2 is 1.15 bits per heavy atom. The van der Waals surface area contributed by atoms with Gasteiger partial charge in [-0.25, -0.2) is 14.4 Å². The number of nitrogens with zero attached hydrogens (tertiary/aromatic N) is 2. The van der Waals surface area contributed by atoms with Gasteiger partial charge < -0.3 is 12.4 Å². The van der Waals surface area contributed by atoms with Gasteiger partial charge in [-0.3, -0.25) is 0 Å². The molecule has 0 bridgehead atoms. The first kappa shape index (κ1) is 24.0. The molecule has 0 atom stereocenters. The molecule has 0 fully saturated rings. The summed E-state index contributed by atoms with van der Waals surface area (Å²) in [4.78, 5) is 9.88. The average molecular weight is 487 g/mol. The lowest BCUT2D eigenvalue weighted by Crippen LogP contribution is -3.00. The number of aryl methyl sites for hydroxylation is 2. The van der Waals surface area contributed by atoms with E-state index >= 15 is 0 Å². The van der Waals surface area contributed by atoms with Crippen molar-refractivity contribution in [2.75, 3.05) is 0 Å². The van der Waals surface area contributed by atoms with Crippen LogP contribution in [0.15, 0.2) is 103 Å². The summed E-state index contributed by atoms with van der Waals surface area (Å²) >= 11 is 0. The van der Waals surface area contributed by atoms with Crippen molar-refractivity contribution in [3.8, 4) is 0 Å². The van der Waals surface area contributed by atoms with Crippen molar-refractivity contribution in [2.45, 2.75) is 20.0 Å². The fourth-order valence-corrected chi connectivity index (χ4v) is 8.67. The Morgan fingerprint density at radius 3 is 1.62 bits per heavy atom. The predicted octanol–water partition coefficient (Wildman–Crippen LogP) is 2.88. The van der Waals surface area contributed by atoms with Crippen molar-refractivity contribution in [2.24, 2.45) is 0 Å². The topological polar surface area (TPSA) is 25.8 Å². The second kappa shape index (κ2) is 10.0. The minimum Gasteiger partial charge on any atom is -1.00 e. The van der Waals surface area contributed by atoms with Gasteiger partial charge in [0.25, 0.3) is 0 Å². The van der Waals surface area contributed by atoms with Crippen LogP contribution in [0.25, 0.3) is 10.9 Å². The third kappa shape index (κ3) is 4.34. The normalized spacial score (nSPS) is 11.3. The van der Waals surface area contributed by atoms with E-state index in [1.165, 1.54) is 22.0 Å². The number of hydrogen-bond acceptors (Lipinski definition) is 2. The molecule has 0 spiro atoms. The van der Waals surface area contributed by atoms with Crippen LogP contribution in [0, 0.1) is 19.7 Å². The third-order valence-corrected chi connectivity index (χ3v) is 10.5. The summed E-state index contributed by atoms with van der Waals surface area (Å²) in [5.74, 6) is 0.541. The molecule has 1 heterocycles. The molecule has 0 aliphatic rings. The summed E-state index contributed by atoms with van der Waals surface area (Å²) in [6, 6.07) is 35.2. The number of fused-ring (bicyclic) bond motifs is 1. The molecule has 0 aliphatic heterocycles. The molecule has 170 valence electrons. The lowest BCUT2D eigenvalue weighted by Gasteiger charge is -2.27. The van der Waals surface area contributed by atoms with Gasteiger partial charge in [0, 0.05) is 11.1 Å². The van der Waals surface area contributed by atoms with Crippen LogP contribution in [0.2, 0.25) is 0 Å². The van der Waals surface area contributed by atoms with Gasteiger partial charge in [-0.15, -0.1) is 0 Å². The summed E-state index contributed by atoms with van der Waals surface area (Å²) in [6.07, 6.45) is 0.693. The van der Waals surface area contributed by atoms with E-state index in [1.54, 1.807) is 6.07 Å². The third-order valence-electron chi connectivity index (χ3n) is 6.16. The van der Waals surface area contributed by atoms with Gasteiger partial charge >= 0.3 is 0 Å². The number of hydrogen-bond donors (Lipinski definition) is 0. The van der Waals surface area contributed by atoms with Crippen molar-refractivity contribution >= 4 is 34.1 Å². The quantitative estimate of drug-likeness (QED) is 0.357. The van der Waals surface area contributed by atoms with Crippen LogP contribution in [0.3, 0.4) is 0 Å². The molecule has 0 saturated heterocycles. The molecule has 34 heavy (non-hydrogen) atoms. The van der Waals surface area contributed by atoms with Gasteiger partial charge in [-0.05, 0) is 67.9 Å². The molecular weight excluding hydrogens is 462 g/mol. The first-order valence-electron chi connectivity index (χ1n) is 11.1. The van der Waals surface area contributed by atoms with Crippen molar-refractivity contribution in [1.82, 2.24) is 9.97 Å². The first-order chi connectivity index (χ1) is 16.1. The van der Waals surface area contributed by atoms with Crippen molar-refractivity contribution < 1.29 is 16.8 Å². The van der Waals surface area contributed by atoms with Crippen molar-refractivity contribution in [1.29, 1.82) is 0 Å². The summed E-state index contributed by atoms with van der Waals surface area (Å²) in [5, 5.41) is 4.65. The minimum atomic E-state index is -2.10. The van der Waals surface area contributed by atoms with Crippen LogP contribution < -0.4 is 28.3 Å². The van der Waals surface area contributed by atoms with Crippen LogP contribution in [-0.4, -0.2) is 9.97 Å². The molecule has 4 aromatic carbocycles. The Balaban J connectivity index is 0.00000274. The van der Waals surface area contributed by atoms with Gasteiger partial charge in [0.15, 0.2) is 5.82 Å².